The number of nitrogens with zero attached hydrogens (tertiary/aromatic N) is 1. The van der Waals surface area contributed by atoms with Crippen LogP contribution in [0.3, 0.4) is 0 Å². The predicted molar refractivity (Wildman–Crippen MR) is 105 cm³/mol. The van der Waals surface area contributed by atoms with Gasteiger partial charge in [0.15, 0.2) is 0 Å². The lowest BCUT2D eigenvalue weighted by Crippen LogP contribution is -2.54. The number of piperidine rings is 1. The fourth-order valence-corrected chi connectivity index (χ4v) is 4.76. The summed E-state index contributed by atoms with van der Waals surface area (Å²) in [5, 5.41) is 3.38. The van der Waals surface area contributed by atoms with Gasteiger partial charge in [0.2, 0.25) is 0 Å². The number of halogens is 2. The first-order valence-corrected chi connectivity index (χ1v) is 9.73. The molecule has 1 amide bonds. The van der Waals surface area contributed by atoms with Crippen LogP contribution in [-0.4, -0.2) is 30.4 Å². The number of rotatable bonds is 3. The van der Waals surface area contributed by atoms with Crippen LogP contribution in [0, 0.1) is 11.6 Å². The summed E-state index contributed by atoms with van der Waals surface area (Å²) in [4.78, 5) is 15.0. The number of nitrogens with one attached hydrogen (secondary N) is 1. The third-order valence-corrected chi connectivity index (χ3v) is 6.13. The summed E-state index contributed by atoms with van der Waals surface area (Å²) in [5.41, 5.74) is 1.64. The minimum atomic E-state index is -0.819. The second kappa shape index (κ2) is 7.47. The van der Waals surface area contributed by atoms with Gasteiger partial charge < -0.3 is 10.2 Å². The van der Waals surface area contributed by atoms with Crippen molar-refractivity contribution in [2.75, 3.05) is 19.6 Å². The molecular weight excluding hydrogens is 358 g/mol. The molecule has 0 radical (unpaired) electrons. The summed E-state index contributed by atoms with van der Waals surface area (Å²) in [5.74, 6) is -2.23. The van der Waals surface area contributed by atoms with E-state index in [1.54, 1.807) is 11.0 Å². The number of amides is 1. The summed E-state index contributed by atoms with van der Waals surface area (Å²) < 4.78 is 28.8. The highest BCUT2D eigenvalue weighted by Gasteiger charge is 2.45. The van der Waals surface area contributed by atoms with Crippen molar-refractivity contribution in [2.24, 2.45) is 0 Å². The molecule has 1 saturated heterocycles. The minimum Gasteiger partial charge on any atom is -0.330 e. The monoisotopic (exact) mass is 382 g/mol. The fraction of sp³-hybridized carbons (Fsp3) is 0.348. The largest absolute Gasteiger partial charge is 0.330 e. The quantitative estimate of drug-likeness (QED) is 0.800. The maximum atomic E-state index is 14.4. The Morgan fingerprint density at radius 2 is 1.82 bits per heavy atom. The zero-order valence-corrected chi connectivity index (χ0v) is 15.8. The first-order chi connectivity index (χ1) is 13.6. The molecule has 1 atom stereocenters. The van der Waals surface area contributed by atoms with E-state index in [1.165, 1.54) is 11.6 Å². The number of benzene rings is 2. The smallest absolute Gasteiger partial charge is 0.260 e. The summed E-state index contributed by atoms with van der Waals surface area (Å²) in [6, 6.07) is 11.4. The predicted octanol–water partition coefficient (Wildman–Crippen LogP) is 4.36. The highest BCUT2D eigenvalue weighted by atomic mass is 19.1. The minimum absolute atomic E-state index is 0.198. The molecule has 2 heterocycles. The Bertz CT molecular complexity index is 885. The van der Waals surface area contributed by atoms with E-state index in [0.717, 1.165) is 43.6 Å². The van der Waals surface area contributed by atoms with Crippen molar-refractivity contribution in [3.8, 4) is 0 Å². The number of carbonyl (C=O) groups excluding carboxylic acids is 1. The van der Waals surface area contributed by atoms with Crippen LogP contribution in [0.25, 0.3) is 0 Å². The summed E-state index contributed by atoms with van der Waals surface area (Å²) >= 11 is 0. The molecule has 2 aliphatic heterocycles. The maximum absolute atomic E-state index is 14.4. The van der Waals surface area contributed by atoms with Gasteiger partial charge in [-0.05, 0) is 55.6 Å². The molecule has 1 fully saturated rings. The average molecular weight is 382 g/mol. The molecular formula is C23H24F2N2O. The highest BCUT2D eigenvalue weighted by Crippen LogP contribution is 2.46. The third kappa shape index (κ3) is 3.04. The number of hydrogen-bond acceptors (Lipinski definition) is 2. The van der Waals surface area contributed by atoms with Crippen LogP contribution in [0.5, 0.6) is 0 Å². The van der Waals surface area contributed by atoms with Crippen molar-refractivity contribution in [3.05, 3.63) is 83.4 Å². The molecule has 0 unspecified atom stereocenters. The average Bonchev–Trinajstić information content (AvgIpc) is 2.71. The van der Waals surface area contributed by atoms with Crippen molar-refractivity contribution in [2.45, 2.75) is 30.7 Å². The second-order valence-corrected chi connectivity index (χ2v) is 7.69. The summed E-state index contributed by atoms with van der Waals surface area (Å²) in [7, 11) is 0. The molecule has 0 bridgehead atoms. The Hall–Kier alpha value is -2.53. The molecule has 2 aliphatic rings. The van der Waals surface area contributed by atoms with Crippen molar-refractivity contribution in [1.82, 2.24) is 10.2 Å². The van der Waals surface area contributed by atoms with Crippen molar-refractivity contribution < 1.29 is 13.6 Å². The van der Waals surface area contributed by atoms with Crippen molar-refractivity contribution in [3.63, 3.8) is 0 Å². The summed E-state index contributed by atoms with van der Waals surface area (Å²) in [6.45, 7) is 6.01. The third-order valence-electron chi connectivity index (χ3n) is 6.13. The lowest BCUT2D eigenvalue weighted by atomic mass is 9.67. The zero-order valence-electron chi connectivity index (χ0n) is 15.8. The van der Waals surface area contributed by atoms with Gasteiger partial charge in [-0.1, -0.05) is 36.4 Å². The topological polar surface area (TPSA) is 32.3 Å². The molecule has 0 saturated carbocycles. The van der Waals surface area contributed by atoms with E-state index in [4.69, 9.17) is 0 Å². The van der Waals surface area contributed by atoms with E-state index < -0.39 is 23.1 Å². The van der Waals surface area contributed by atoms with Crippen LogP contribution in [0.4, 0.5) is 8.78 Å². The van der Waals surface area contributed by atoms with Crippen molar-refractivity contribution >= 4 is 5.91 Å². The van der Waals surface area contributed by atoms with Crippen LogP contribution in [0.2, 0.25) is 0 Å². The molecule has 0 aliphatic carbocycles. The van der Waals surface area contributed by atoms with E-state index in [0.29, 0.717) is 13.0 Å². The van der Waals surface area contributed by atoms with Gasteiger partial charge in [0.25, 0.3) is 5.91 Å². The molecule has 4 rings (SSSR count). The molecule has 5 heteroatoms. The van der Waals surface area contributed by atoms with Crippen LogP contribution in [0.1, 0.15) is 46.8 Å². The first-order valence-electron chi connectivity index (χ1n) is 9.73. The molecule has 1 spiro atoms. The first kappa shape index (κ1) is 18.8. The zero-order chi connectivity index (χ0) is 19.7. The standard InChI is InChI=1S/C23H24F2N2O/c1-2-6-20-16-7-3-4-8-17(16)23(11-13-26-14-12-23)15-27(20)22(28)21-18(24)9-5-10-19(21)25/h2-5,7-10,20,26H,1,6,11-15H2/t20-/m1/s1. The van der Waals surface area contributed by atoms with Crippen LogP contribution >= 0.6 is 0 Å². The van der Waals surface area contributed by atoms with E-state index in [1.807, 2.05) is 18.2 Å². The lowest BCUT2D eigenvalue weighted by Gasteiger charge is -2.50. The van der Waals surface area contributed by atoms with Crippen LogP contribution in [-0.2, 0) is 5.41 Å². The SMILES string of the molecule is C=CC[C@@H]1c2ccccc2C2(CCNCC2)CN1C(=O)c1c(F)cccc1F. The Morgan fingerprint density at radius 1 is 1.14 bits per heavy atom. The fourth-order valence-electron chi connectivity index (χ4n) is 4.76. The Morgan fingerprint density at radius 3 is 2.50 bits per heavy atom. The molecule has 1 N–H and O–H groups in total. The van der Waals surface area contributed by atoms with E-state index in [9.17, 15) is 13.6 Å². The van der Waals surface area contributed by atoms with Crippen LogP contribution < -0.4 is 5.32 Å². The Labute approximate surface area is 164 Å². The highest BCUT2D eigenvalue weighted by molar-refractivity contribution is 5.95. The second-order valence-electron chi connectivity index (χ2n) is 7.69. The van der Waals surface area contributed by atoms with Gasteiger partial charge in [-0.2, -0.15) is 0 Å². The molecule has 2 aromatic carbocycles. The maximum Gasteiger partial charge on any atom is 0.260 e. The summed E-state index contributed by atoms with van der Waals surface area (Å²) in [6.07, 6.45) is 4.07. The molecule has 0 aromatic heterocycles. The van der Waals surface area contributed by atoms with Gasteiger partial charge in [0.1, 0.15) is 17.2 Å². The molecule has 2 aromatic rings. The van der Waals surface area contributed by atoms with E-state index in [2.05, 4.69) is 18.0 Å². The van der Waals surface area contributed by atoms with Crippen molar-refractivity contribution in [1.29, 1.82) is 0 Å². The Balaban J connectivity index is 1.84. The van der Waals surface area contributed by atoms with Gasteiger partial charge >= 0.3 is 0 Å². The number of fused-ring (bicyclic) bond motifs is 2. The number of carbonyl (C=O) groups is 1. The van der Waals surface area contributed by atoms with Gasteiger partial charge in [-0.25, -0.2) is 8.78 Å². The van der Waals surface area contributed by atoms with E-state index in [-0.39, 0.29) is 11.5 Å². The van der Waals surface area contributed by atoms with Crippen LogP contribution in [0.15, 0.2) is 55.1 Å². The Kier molecular flexibility index (Phi) is 5.02. The molecule has 146 valence electrons. The molecule has 28 heavy (non-hydrogen) atoms. The molecule has 3 nitrogen and oxygen atoms in total. The lowest BCUT2D eigenvalue weighted by molar-refractivity contribution is 0.0529. The number of hydrogen-bond donors (Lipinski definition) is 1. The van der Waals surface area contributed by atoms with E-state index >= 15 is 0 Å². The van der Waals surface area contributed by atoms with Gasteiger partial charge in [-0.3, -0.25) is 4.79 Å². The van der Waals surface area contributed by atoms with Gasteiger partial charge in [0, 0.05) is 12.0 Å². The van der Waals surface area contributed by atoms with Gasteiger partial charge in [-0.15, -0.1) is 6.58 Å². The normalized spacial score (nSPS) is 20.6. The van der Waals surface area contributed by atoms with Gasteiger partial charge in [0.05, 0.1) is 6.04 Å².